The molecule has 1 aromatic rings. The first-order valence-electron chi connectivity index (χ1n) is 6.87. The molecule has 2 unspecified atom stereocenters. The van der Waals surface area contributed by atoms with Crippen LogP contribution in [-0.4, -0.2) is 39.9 Å². The van der Waals surface area contributed by atoms with E-state index < -0.39 is 0 Å². The molecule has 1 fully saturated rings. The average molecular weight is 250 g/mol. The Hall–Kier alpha value is -0.870. The van der Waals surface area contributed by atoms with Crippen molar-refractivity contribution < 1.29 is 0 Å². The van der Waals surface area contributed by atoms with Crippen molar-refractivity contribution in [3.63, 3.8) is 0 Å². The fourth-order valence-corrected chi connectivity index (χ4v) is 2.36. The molecular formula is C14H26N4. The first-order chi connectivity index (χ1) is 8.36. The van der Waals surface area contributed by atoms with Crippen LogP contribution >= 0.6 is 0 Å². The van der Waals surface area contributed by atoms with Gasteiger partial charge in [0, 0.05) is 43.5 Å². The van der Waals surface area contributed by atoms with Crippen molar-refractivity contribution in [1.82, 2.24) is 20.0 Å². The fraction of sp³-hybridized carbons (Fsp3) is 0.786. The van der Waals surface area contributed by atoms with Gasteiger partial charge in [-0.15, -0.1) is 0 Å². The highest BCUT2D eigenvalue weighted by atomic mass is 15.3. The number of piperazine rings is 1. The number of aromatic nitrogens is 2. The van der Waals surface area contributed by atoms with Gasteiger partial charge in [-0.1, -0.05) is 0 Å². The van der Waals surface area contributed by atoms with Crippen LogP contribution in [0.15, 0.2) is 12.4 Å². The zero-order valence-corrected chi connectivity index (χ0v) is 12.3. The molecule has 18 heavy (non-hydrogen) atoms. The molecular weight excluding hydrogens is 224 g/mol. The van der Waals surface area contributed by atoms with Gasteiger partial charge in [0.25, 0.3) is 0 Å². The maximum Gasteiger partial charge on any atom is 0.0543 e. The van der Waals surface area contributed by atoms with Crippen LogP contribution in [0.3, 0.4) is 0 Å². The number of hydrogen-bond acceptors (Lipinski definition) is 3. The Labute approximate surface area is 110 Å². The molecule has 0 aliphatic carbocycles. The molecule has 2 heterocycles. The van der Waals surface area contributed by atoms with Gasteiger partial charge in [-0.3, -0.25) is 9.58 Å². The van der Waals surface area contributed by atoms with E-state index in [1.54, 1.807) is 0 Å². The van der Waals surface area contributed by atoms with Crippen molar-refractivity contribution in [2.24, 2.45) is 0 Å². The molecule has 1 N–H and O–H groups in total. The van der Waals surface area contributed by atoms with Crippen LogP contribution < -0.4 is 5.32 Å². The van der Waals surface area contributed by atoms with Crippen LogP contribution in [0, 0.1) is 0 Å². The van der Waals surface area contributed by atoms with Gasteiger partial charge in [0.2, 0.25) is 0 Å². The summed E-state index contributed by atoms with van der Waals surface area (Å²) < 4.78 is 2.05. The maximum absolute atomic E-state index is 4.47. The molecule has 1 aliphatic rings. The Bertz CT molecular complexity index is 391. The lowest BCUT2D eigenvalue weighted by Gasteiger charge is -2.37. The molecule has 0 amide bonds. The standard InChI is InChI=1S/C14H26N4/c1-11-8-17(12(2)6-15-11)9-13-7-16-18(10-13)14(3,4)5/h7,10-12,15H,6,8-9H2,1-5H3. The van der Waals surface area contributed by atoms with Gasteiger partial charge in [0.05, 0.1) is 11.7 Å². The predicted molar refractivity (Wildman–Crippen MR) is 74.6 cm³/mol. The first-order valence-corrected chi connectivity index (χ1v) is 6.87. The van der Waals surface area contributed by atoms with Crippen molar-refractivity contribution in [2.45, 2.75) is 58.8 Å². The first kappa shape index (κ1) is 13.6. The van der Waals surface area contributed by atoms with Crippen molar-refractivity contribution in [3.8, 4) is 0 Å². The van der Waals surface area contributed by atoms with Crippen LogP contribution in [0.25, 0.3) is 0 Å². The third-order valence-electron chi connectivity index (χ3n) is 3.60. The number of nitrogens with zero attached hydrogens (tertiary/aromatic N) is 3. The SMILES string of the molecule is CC1CN(Cc2cnn(C(C)(C)C)c2)C(C)CN1. The van der Waals surface area contributed by atoms with E-state index in [0.29, 0.717) is 12.1 Å². The molecule has 0 radical (unpaired) electrons. The largest absolute Gasteiger partial charge is 0.311 e. The molecule has 1 aliphatic heterocycles. The molecule has 1 saturated heterocycles. The summed E-state index contributed by atoms with van der Waals surface area (Å²) in [5.41, 5.74) is 1.38. The summed E-state index contributed by atoms with van der Waals surface area (Å²) in [6.45, 7) is 14.3. The van der Waals surface area contributed by atoms with Gasteiger partial charge in [-0.25, -0.2) is 0 Å². The van der Waals surface area contributed by atoms with E-state index in [0.717, 1.165) is 19.6 Å². The van der Waals surface area contributed by atoms with E-state index in [1.165, 1.54) is 5.56 Å². The lowest BCUT2D eigenvalue weighted by Crippen LogP contribution is -2.53. The molecule has 1 aromatic heterocycles. The average Bonchev–Trinajstić information content (AvgIpc) is 2.71. The zero-order valence-electron chi connectivity index (χ0n) is 12.3. The number of nitrogens with one attached hydrogen (secondary N) is 1. The number of rotatable bonds is 2. The lowest BCUT2D eigenvalue weighted by molar-refractivity contribution is 0.139. The van der Waals surface area contributed by atoms with E-state index >= 15 is 0 Å². The van der Waals surface area contributed by atoms with Crippen molar-refractivity contribution >= 4 is 0 Å². The van der Waals surface area contributed by atoms with Crippen LogP contribution in [-0.2, 0) is 12.1 Å². The highest BCUT2D eigenvalue weighted by Gasteiger charge is 2.23. The summed E-state index contributed by atoms with van der Waals surface area (Å²) in [6.07, 6.45) is 4.18. The Morgan fingerprint density at radius 1 is 1.39 bits per heavy atom. The topological polar surface area (TPSA) is 33.1 Å². The smallest absolute Gasteiger partial charge is 0.0543 e. The molecule has 0 bridgehead atoms. The lowest BCUT2D eigenvalue weighted by atomic mass is 10.1. The fourth-order valence-electron chi connectivity index (χ4n) is 2.36. The third kappa shape index (κ3) is 3.12. The molecule has 2 rings (SSSR count). The highest BCUT2D eigenvalue weighted by molar-refractivity contribution is 5.06. The van der Waals surface area contributed by atoms with Gasteiger partial charge >= 0.3 is 0 Å². The predicted octanol–water partition coefficient (Wildman–Crippen LogP) is 1.82. The monoisotopic (exact) mass is 250 g/mol. The number of hydrogen-bond donors (Lipinski definition) is 1. The Balaban J connectivity index is 2.02. The summed E-state index contributed by atoms with van der Waals surface area (Å²) in [5.74, 6) is 0. The van der Waals surface area contributed by atoms with E-state index in [9.17, 15) is 0 Å². The Kier molecular flexibility index (Phi) is 3.78. The van der Waals surface area contributed by atoms with Crippen molar-refractivity contribution in [2.75, 3.05) is 13.1 Å². The second-order valence-corrected chi connectivity index (χ2v) is 6.55. The van der Waals surface area contributed by atoms with Crippen LogP contribution in [0.1, 0.15) is 40.2 Å². The molecule has 0 aromatic carbocycles. The van der Waals surface area contributed by atoms with Gasteiger partial charge in [0.1, 0.15) is 0 Å². The minimum Gasteiger partial charge on any atom is -0.311 e. The summed E-state index contributed by atoms with van der Waals surface area (Å²) in [4.78, 5) is 2.53. The van der Waals surface area contributed by atoms with Gasteiger partial charge < -0.3 is 5.32 Å². The highest BCUT2D eigenvalue weighted by Crippen LogP contribution is 2.16. The molecule has 4 heteroatoms. The molecule has 4 nitrogen and oxygen atoms in total. The third-order valence-corrected chi connectivity index (χ3v) is 3.60. The summed E-state index contributed by atoms with van der Waals surface area (Å²) in [7, 11) is 0. The molecule has 102 valence electrons. The van der Waals surface area contributed by atoms with Crippen LogP contribution in [0.5, 0.6) is 0 Å². The maximum atomic E-state index is 4.47. The second-order valence-electron chi connectivity index (χ2n) is 6.55. The molecule has 2 atom stereocenters. The van der Waals surface area contributed by atoms with Gasteiger partial charge in [0.15, 0.2) is 0 Å². The second kappa shape index (κ2) is 5.02. The van der Waals surface area contributed by atoms with Crippen LogP contribution in [0.2, 0.25) is 0 Å². The van der Waals surface area contributed by atoms with Gasteiger partial charge in [-0.2, -0.15) is 5.10 Å². The quantitative estimate of drug-likeness (QED) is 0.869. The van der Waals surface area contributed by atoms with Crippen molar-refractivity contribution in [1.29, 1.82) is 0 Å². The van der Waals surface area contributed by atoms with E-state index in [4.69, 9.17) is 0 Å². The normalized spacial score (nSPS) is 26.5. The Morgan fingerprint density at radius 3 is 2.72 bits per heavy atom. The molecule has 0 spiro atoms. The zero-order chi connectivity index (χ0) is 13.3. The Morgan fingerprint density at radius 2 is 2.11 bits per heavy atom. The van der Waals surface area contributed by atoms with Crippen LogP contribution in [0.4, 0.5) is 0 Å². The summed E-state index contributed by atoms with van der Waals surface area (Å²) in [6, 6.07) is 1.18. The minimum atomic E-state index is 0.0701. The summed E-state index contributed by atoms with van der Waals surface area (Å²) >= 11 is 0. The van der Waals surface area contributed by atoms with E-state index in [2.05, 4.69) is 60.8 Å². The summed E-state index contributed by atoms with van der Waals surface area (Å²) in [5, 5.41) is 7.99. The minimum absolute atomic E-state index is 0.0701. The van der Waals surface area contributed by atoms with E-state index in [-0.39, 0.29) is 5.54 Å². The van der Waals surface area contributed by atoms with Gasteiger partial charge in [-0.05, 0) is 34.6 Å². The molecule has 0 saturated carbocycles. The van der Waals surface area contributed by atoms with Crippen molar-refractivity contribution in [3.05, 3.63) is 18.0 Å². The van der Waals surface area contributed by atoms with E-state index in [1.807, 2.05) is 6.20 Å².